The number of fused-ring (bicyclic) bond motifs is 4. The third-order valence-corrected chi connectivity index (χ3v) is 7.82. The van der Waals surface area contributed by atoms with Crippen LogP contribution in [-0.4, -0.2) is 71.6 Å². The van der Waals surface area contributed by atoms with Gasteiger partial charge in [0.1, 0.15) is 12.1 Å². The van der Waals surface area contributed by atoms with Crippen molar-refractivity contribution in [3.8, 4) is 0 Å². The van der Waals surface area contributed by atoms with Crippen molar-refractivity contribution >= 4 is 40.5 Å². The lowest BCUT2D eigenvalue weighted by atomic mass is 10.0. The number of rotatable bonds is 2. The third kappa shape index (κ3) is 7.14. The molecule has 0 unspecified atom stereocenters. The number of carbonyl (C=O) groups excluding carboxylic acids is 4. The Labute approximate surface area is 246 Å². The Kier molecular flexibility index (Phi) is 9.95. The monoisotopic (exact) mass is 579 g/mol. The van der Waals surface area contributed by atoms with Crippen LogP contribution in [0.3, 0.4) is 0 Å². The van der Waals surface area contributed by atoms with Crippen LogP contribution < -0.4 is 16.1 Å². The molecule has 3 N–H and O–H groups in total. The molecule has 0 spiro atoms. The smallest absolute Gasteiger partial charge is 0.312 e. The summed E-state index contributed by atoms with van der Waals surface area (Å²) in [7, 11) is 1.50. The number of benzene rings is 1. The van der Waals surface area contributed by atoms with Crippen molar-refractivity contribution in [2.45, 2.75) is 77.8 Å². The van der Waals surface area contributed by atoms with E-state index in [1.165, 1.54) is 12.1 Å². The fraction of sp³-hybridized carbons (Fsp3) is 0.516. The van der Waals surface area contributed by atoms with Gasteiger partial charge in [-0.05, 0) is 68.7 Å². The molecular weight excluding hydrogens is 538 g/mol. The molecule has 3 amide bonds. The van der Waals surface area contributed by atoms with E-state index in [2.05, 4.69) is 21.0 Å². The summed E-state index contributed by atoms with van der Waals surface area (Å²) >= 11 is 0. The largest absolute Gasteiger partial charge is 0.452 e. The van der Waals surface area contributed by atoms with Gasteiger partial charge >= 0.3 is 5.97 Å². The Balaban J connectivity index is 1.68. The Hall–Kier alpha value is -3.83. The number of cyclic esters (lactones) is 1. The predicted molar refractivity (Wildman–Crippen MR) is 157 cm³/mol. The molecule has 42 heavy (non-hydrogen) atoms. The normalized spacial score (nSPS) is 28.3. The number of methoxy groups -OCH3 is 1. The highest BCUT2D eigenvalue weighted by atomic mass is 16.6. The molecule has 0 aliphatic carbocycles. The summed E-state index contributed by atoms with van der Waals surface area (Å²) in [6.45, 7) is 9.08. The van der Waals surface area contributed by atoms with Crippen LogP contribution in [0.4, 0.5) is 0 Å². The van der Waals surface area contributed by atoms with Gasteiger partial charge in [-0.3, -0.25) is 29.2 Å². The maximum Gasteiger partial charge on any atom is 0.312 e. The molecule has 2 aromatic rings. The van der Waals surface area contributed by atoms with Gasteiger partial charge in [-0.2, -0.15) is 0 Å². The van der Waals surface area contributed by atoms with Crippen LogP contribution >= 0.6 is 0 Å². The standard InChI is InChI=1S/C31H41N5O6/c1-17(2)27-29(38)34-20(5)30(39)36-13-7-8-25(35-36)28(37)33-19(4)21-9-10-22-16-32-24(15-23(22)14-21)11-12-26(41-6)18(3)31(40)42-27/h9-12,14-20,25-27,35H,7-8,13H2,1-6H3,(H,33,37)(H,34,38)/t18-,19-,20+,25+,26-,27+/m1/s1. The fourth-order valence-electron chi connectivity index (χ4n) is 5.16. The minimum Gasteiger partial charge on any atom is -0.452 e. The molecule has 2 aliphatic heterocycles. The molecular formula is C31H41N5O6. The second-order valence-electron chi connectivity index (χ2n) is 11.4. The Morgan fingerprint density at radius 2 is 1.74 bits per heavy atom. The first-order chi connectivity index (χ1) is 20.0. The zero-order valence-electron chi connectivity index (χ0n) is 25.0. The molecule has 226 valence electrons. The van der Waals surface area contributed by atoms with Crippen LogP contribution in [-0.2, 0) is 28.7 Å². The minimum atomic E-state index is -1.11. The molecule has 0 saturated carbocycles. The SMILES string of the molecule is CO[C@@H]1C=Cc2cc3cc(ccc3cn2)[C@@H](C)NC(=O)[C@@H]2CCCN(N2)C(=O)[C@H](C)NC(=O)[C@H](C(C)C)OC(=O)[C@@H]1C. The maximum absolute atomic E-state index is 13.2. The van der Waals surface area contributed by atoms with E-state index in [1.807, 2.05) is 31.2 Å². The lowest BCUT2D eigenvalue weighted by Crippen LogP contribution is -2.61. The van der Waals surface area contributed by atoms with Gasteiger partial charge < -0.3 is 20.1 Å². The number of aromatic nitrogens is 1. The number of hydrogen-bond donors (Lipinski definition) is 3. The van der Waals surface area contributed by atoms with Gasteiger partial charge in [0.2, 0.25) is 5.91 Å². The van der Waals surface area contributed by atoms with Crippen LogP contribution in [0.15, 0.2) is 36.5 Å². The quantitative estimate of drug-likeness (QED) is 0.462. The van der Waals surface area contributed by atoms with Gasteiger partial charge in [-0.25, -0.2) is 5.43 Å². The number of ether oxygens (including phenoxy) is 2. The minimum absolute atomic E-state index is 0.219. The summed E-state index contributed by atoms with van der Waals surface area (Å²) in [5.41, 5.74) is 4.63. The average Bonchev–Trinajstić information content (AvgIpc) is 2.98. The van der Waals surface area contributed by atoms with Crippen molar-refractivity contribution in [1.29, 1.82) is 0 Å². The predicted octanol–water partition coefficient (Wildman–Crippen LogP) is 2.66. The summed E-state index contributed by atoms with van der Waals surface area (Å²) in [5, 5.41) is 9.02. The lowest BCUT2D eigenvalue weighted by Gasteiger charge is -2.35. The topological polar surface area (TPSA) is 139 Å². The van der Waals surface area contributed by atoms with E-state index in [0.29, 0.717) is 25.1 Å². The third-order valence-electron chi connectivity index (χ3n) is 7.82. The maximum atomic E-state index is 13.2. The number of hydrazine groups is 1. The average molecular weight is 580 g/mol. The summed E-state index contributed by atoms with van der Waals surface area (Å²) in [6.07, 6.45) is 4.73. The van der Waals surface area contributed by atoms with E-state index < -0.39 is 42.1 Å². The van der Waals surface area contributed by atoms with Crippen molar-refractivity contribution in [2.24, 2.45) is 11.8 Å². The zero-order valence-corrected chi connectivity index (χ0v) is 25.0. The van der Waals surface area contributed by atoms with E-state index in [-0.39, 0.29) is 23.8 Å². The number of nitrogens with zero attached hydrogens (tertiary/aromatic N) is 2. The van der Waals surface area contributed by atoms with E-state index in [1.54, 1.807) is 46.0 Å². The molecule has 0 radical (unpaired) electrons. The Bertz CT molecular complexity index is 1360. The van der Waals surface area contributed by atoms with Crippen molar-refractivity contribution in [3.63, 3.8) is 0 Å². The molecule has 1 aromatic heterocycles. The summed E-state index contributed by atoms with van der Waals surface area (Å²) in [6, 6.07) is 6.06. The highest BCUT2D eigenvalue weighted by molar-refractivity contribution is 5.91. The Morgan fingerprint density at radius 1 is 1.00 bits per heavy atom. The van der Waals surface area contributed by atoms with Crippen molar-refractivity contribution < 1.29 is 28.7 Å². The molecule has 3 heterocycles. The Morgan fingerprint density at radius 3 is 2.45 bits per heavy atom. The highest BCUT2D eigenvalue weighted by Gasteiger charge is 2.35. The van der Waals surface area contributed by atoms with Gasteiger partial charge in [-0.1, -0.05) is 32.1 Å². The lowest BCUT2D eigenvalue weighted by molar-refractivity contribution is -0.165. The van der Waals surface area contributed by atoms with E-state index in [0.717, 1.165) is 16.3 Å². The molecule has 5 bridgehead atoms. The molecule has 1 aromatic carbocycles. The van der Waals surface area contributed by atoms with Crippen molar-refractivity contribution in [1.82, 2.24) is 26.1 Å². The number of pyridine rings is 1. The second-order valence-corrected chi connectivity index (χ2v) is 11.4. The molecule has 6 atom stereocenters. The van der Waals surface area contributed by atoms with E-state index in [4.69, 9.17) is 9.47 Å². The summed E-state index contributed by atoms with van der Waals surface area (Å²) in [4.78, 5) is 57.3. The molecule has 11 nitrogen and oxygen atoms in total. The first-order valence-corrected chi connectivity index (χ1v) is 14.5. The number of nitrogens with one attached hydrogen (secondary N) is 3. The number of amides is 3. The first-order valence-electron chi connectivity index (χ1n) is 14.5. The fourth-order valence-corrected chi connectivity index (χ4v) is 5.16. The molecule has 11 heteroatoms. The number of esters is 1. The molecule has 4 rings (SSSR count). The van der Waals surface area contributed by atoms with Crippen LogP contribution in [0.2, 0.25) is 0 Å². The van der Waals surface area contributed by atoms with Crippen molar-refractivity contribution in [2.75, 3.05) is 13.7 Å². The zero-order chi connectivity index (χ0) is 30.6. The van der Waals surface area contributed by atoms with Gasteiger partial charge in [0.15, 0.2) is 6.10 Å². The highest BCUT2D eigenvalue weighted by Crippen LogP contribution is 2.23. The van der Waals surface area contributed by atoms with Gasteiger partial charge in [-0.15, -0.1) is 0 Å². The number of carbonyl (C=O) groups is 4. The van der Waals surface area contributed by atoms with Gasteiger partial charge in [0.25, 0.3) is 11.8 Å². The van der Waals surface area contributed by atoms with E-state index in [9.17, 15) is 19.2 Å². The van der Waals surface area contributed by atoms with E-state index >= 15 is 0 Å². The summed E-state index contributed by atoms with van der Waals surface area (Å²) in [5.74, 6) is -2.84. The van der Waals surface area contributed by atoms with Gasteiger partial charge in [0.05, 0.1) is 23.8 Å². The van der Waals surface area contributed by atoms with Crippen LogP contribution in [0.1, 0.15) is 64.8 Å². The molecule has 1 fully saturated rings. The number of hydrogen-bond acceptors (Lipinski definition) is 8. The first kappa shape index (κ1) is 31.1. The van der Waals surface area contributed by atoms with Crippen LogP contribution in [0.25, 0.3) is 16.8 Å². The summed E-state index contributed by atoms with van der Waals surface area (Å²) < 4.78 is 11.2. The molecule has 1 saturated heterocycles. The molecule has 2 aliphatic rings. The van der Waals surface area contributed by atoms with Crippen molar-refractivity contribution in [3.05, 3.63) is 47.8 Å². The second kappa shape index (κ2) is 13.4. The van der Waals surface area contributed by atoms with Crippen LogP contribution in [0.5, 0.6) is 0 Å². The van der Waals surface area contributed by atoms with Gasteiger partial charge in [0, 0.05) is 25.2 Å². The van der Waals surface area contributed by atoms with Crippen LogP contribution in [0, 0.1) is 11.8 Å².